The molecule has 18 heavy (non-hydrogen) atoms. The summed E-state index contributed by atoms with van der Waals surface area (Å²) in [5.74, 6) is 0.771. The molecule has 0 amide bonds. The van der Waals surface area contributed by atoms with Crippen LogP contribution in [-0.2, 0) is 0 Å². The van der Waals surface area contributed by atoms with Crippen LogP contribution in [0.5, 0.6) is 5.75 Å². The first kappa shape index (κ1) is 13.5. The molecule has 0 aliphatic rings. The van der Waals surface area contributed by atoms with Crippen molar-refractivity contribution >= 4 is 34.1 Å². The lowest BCUT2D eigenvalue weighted by Crippen LogP contribution is -2.12. The summed E-state index contributed by atoms with van der Waals surface area (Å²) in [7, 11) is 0. The van der Waals surface area contributed by atoms with Gasteiger partial charge in [0.15, 0.2) is 0 Å². The first-order chi connectivity index (χ1) is 8.54. The van der Waals surface area contributed by atoms with Gasteiger partial charge in [0.05, 0.1) is 22.2 Å². The summed E-state index contributed by atoms with van der Waals surface area (Å²) >= 11 is 12.2. The molecule has 0 bridgehead atoms. The Morgan fingerprint density at radius 2 is 2.17 bits per heavy atom. The van der Waals surface area contributed by atoms with E-state index in [2.05, 4.69) is 4.98 Å². The maximum Gasteiger partial charge on any atom is 0.130 e. The maximum atomic E-state index is 9.01. The van der Waals surface area contributed by atoms with E-state index in [9.17, 15) is 0 Å². The number of aromatic amines is 1. The second-order valence-electron chi connectivity index (χ2n) is 4.49. The molecule has 0 fully saturated rings. The number of hydrogen-bond donors (Lipinski definition) is 2. The fraction of sp³-hybridized carbons (Fsp3) is 0.385. The lowest BCUT2D eigenvalue weighted by atomic mass is 10.1. The molecule has 98 valence electrons. The molecule has 0 aliphatic carbocycles. The molecule has 5 heteroatoms. The molecular weight excluding hydrogens is 273 g/mol. The van der Waals surface area contributed by atoms with Crippen molar-refractivity contribution in [3.63, 3.8) is 0 Å². The van der Waals surface area contributed by atoms with E-state index in [0.29, 0.717) is 22.4 Å². The van der Waals surface area contributed by atoms with E-state index in [1.807, 2.05) is 20.0 Å². The largest absolute Gasteiger partial charge is 0.492 e. The molecule has 1 aromatic heterocycles. The number of aliphatic hydroxyl groups excluding tert-OH is 1. The Bertz CT molecular complexity index is 566. The summed E-state index contributed by atoms with van der Waals surface area (Å²) < 4.78 is 5.72. The van der Waals surface area contributed by atoms with Crippen molar-refractivity contribution in [1.82, 2.24) is 4.98 Å². The van der Waals surface area contributed by atoms with Crippen LogP contribution < -0.4 is 4.74 Å². The normalized spacial score (nSPS) is 12.9. The number of hydrogen-bond acceptors (Lipinski definition) is 2. The second-order valence-corrected chi connectivity index (χ2v) is 5.28. The quantitative estimate of drug-likeness (QED) is 0.899. The summed E-state index contributed by atoms with van der Waals surface area (Å²) in [5.41, 5.74) is 1.84. The van der Waals surface area contributed by atoms with Gasteiger partial charge in [-0.15, -0.1) is 0 Å². The fourth-order valence-corrected chi connectivity index (χ4v) is 2.18. The highest BCUT2D eigenvalue weighted by molar-refractivity contribution is 6.45. The van der Waals surface area contributed by atoms with Gasteiger partial charge in [-0.25, -0.2) is 0 Å². The third-order valence-corrected chi connectivity index (χ3v) is 3.63. The Kier molecular flexibility index (Phi) is 4.05. The lowest BCUT2D eigenvalue weighted by molar-refractivity contribution is 0.175. The molecule has 3 nitrogen and oxygen atoms in total. The third-order valence-electron chi connectivity index (χ3n) is 2.85. The van der Waals surface area contributed by atoms with E-state index in [1.165, 1.54) is 0 Å². The molecule has 0 spiro atoms. The number of aliphatic hydroxyl groups is 1. The smallest absolute Gasteiger partial charge is 0.130 e. The monoisotopic (exact) mass is 287 g/mol. The minimum atomic E-state index is 0.0775. The molecule has 0 saturated heterocycles. The van der Waals surface area contributed by atoms with Gasteiger partial charge in [0, 0.05) is 30.2 Å². The van der Waals surface area contributed by atoms with Crippen molar-refractivity contribution in [2.75, 3.05) is 13.2 Å². The molecule has 2 aromatic rings. The maximum absolute atomic E-state index is 9.01. The molecule has 1 atom stereocenters. The van der Waals surface area contributed by atoms with Crippen LogP contribution in [0.1, 0.15) is 12.5 Å². The van der Waals surface area contributed by atoms with E-state index in [-0.39, 0.29) is 12.5 Å². The van der Waals surface area contributed by atoms with Crippen LogP contribution in [0.15, 0.2) is 12.3 Å². The van der Waals surface area contributed by atoms with Gasteiger partial charge >= 0.3 is 0 Å². The van der Waals surface area contributed by atoms with Gasteiger partial charge in [0.25, 0.3) is 0 Å². The Morgan fingerprint density at radius 3 is 2.83 bits per heavy atom. The van der Waals surface area contributed by atoms with Crippen LogP contribution in [0.3, 0.4) is 0 Å². The zero-order valence-electron chi connectivity index (χ0n) is 10.3. The van der Waals surface area contributed by atoms with E-state index in [1.54, 1.807) is 6.07 Å². The van der Waals surface area contributed by atoms with Gasteiger partial charge in [-0.2, -0.15) is 0 Å². The summed E-state index contributed by atoms with van der Waals surface area (Å²) in [5, 5.41) is 10.9. The molecule has 0 saturated carbocycles. The number of fused-ring (bicyclic) bond motifs is 1. The third kappa shape index (κ3) is 2.44. The van der Waals surface area contributed by atoms with Crippen LogP contribution in [0, 0.1) is 12.8 Å². The summed E-state index contributed by atoms with van der Waals surface area (Å²) in [4.78, 5) is 3.09. The molecule has 1 aromatic carbocycles. The summed E-state index contributed by atoms with van der Waals surface area (Å²) in [6, 6.07) is 1.72. The highest BCUT2D eigenvalue weighted by Gasteiger charge is 2.14. The van der Waals surface area contributed by atoms with Gasteiger partial charge in [-0.3, -0.25) is 0 Å². The van der Waals surface area contributed by atoms with Crippen molar-refractivity contribution in [3.05, 3.63) is 27.9 Å². The highest BCUT2D eigenvalue weighted by Crippen LogP contribution is 2.38. The number of nitrogens with one attached hydrogen (secondary N) is 1. The topological polar surface area (TPSA) is 45.2 Å². The van der Waals surface area contributed by atoms with E-state index < -0.39 is 0 Å². The lowest BCUT2D eigenvalue weighted by Gasteiger charge is -2.13. The van der Waals surface area contributed by atoms with Crippen LogP contribution in [0.4, 0.5) is 0 Å². The predicted octanol–water partition coefficient (Wildman–Crippen LogP) is 3.79. The SMILES string of the molecule is Cc1c[nH]c2c(Cl)c(Cl)cc(OCC(C)CO)c12. The van der Waals surface area contributed by atoms with Crippen molar-refractivity contribution in [3.8, 4) is 5.75 Å². The zero-order valence-corrected chi connectivity index (χ0v) is 11.8. The van der Waals surface area contributed by atoms with Gasteiger partial charge in [0.2, 0.25) is 0 Å². The molecule has 2 rings (SSSR count). The zero-order chi connectivity index (χ0) is 13.3. The minimum absolute atomic E-state index is 0.0775. The van der Waals surface area contributed by atoms with Gasteiger partial charge in [0.1, 0.15) is 5.75 Å². The fourth-order valence-electron chi connectivity index (χ4n) is 1.78. The number of rotatable bonds is 4. The van der Waals surface area contributed by atoms with Gasteiger partial charge in [-0.05, 0) is 12.5 Å². The average molecular weight is 288 g/mol. The van der Waals surface area contributed by atoms with E-state index in [0.717, 1.165) is 16.5 Å². The first-order valence-electron chi connectivity index (χ1n) is 5.74. The molecule has 0 aliphatic heterocycles. The number of halogens is 2. The minimum Gasteiger partial charge on any atom is -0.492 e. The Balaban J connectivity index is 2.43. The number of benzene rings is 1. The van der Waals surface area contributed by atoms with Crippen LogP contribution >= 0.6 is 23.2 Å². The van der Waals surface area contributed by atoms with Crippen LogP contribution in [0.25, 0.3) is 10.9 Å². The Morgan fingerprint density at radius 1 is 1.44 bits per heavy atom. The van der Waals surface area contributed by atoms with E-state index >= 15 is 0 Å². The number of ether oxygens (including phenoxy) is 1. The average Bonchev–Trinajstić information content (AvgIpc) is 2.74. The molecule has 1 heterocycles. The summed E-state index contributed by atoms with van der Waals surface area (Å²) in [6.07, 6.45) is 1.87. The molecule has 2 N–H and O–H groups in total. The summed E-state index contributed by atoms with van der Waals surface area (Å²) in [6.45, 7) is 4.43. The first-order valence-corrected chi connectivity index (χ1v) is 6.49. The molecular formula is C13H15Cl2NO2. The van der Waals surface area contributed by atoms with Crippen molar-refractivity contribution in [2.45, 2.75) is 13.8 Å². The van der Waals surface area contributed by atoms with Crippen molar-refractivity contribution in [2.24, 2.45) is 5.92 Å². The predicted molar refractivity (Wildman–Crippen MR) is 74.8 cm³/mol. The van der Waals surface area contributed by atoms with Gasteiger partial charge < -0.3 is 14.8 Å². The standard InChI is InChI=1S/C13H15Cl2NO2/c1-7(5-17)6-18-10-3-9(14)12(15)13-11(10)8(2)4-16-13/h3-4,7,16-17H,5-6H2,1-2H3. The number of aromatic nitrogens is 1. The van der Waals surface area contributed by atoms with Crippen LogP contribution in [-0.4, -0.2) is 23.3 Å². The number of H-pyrrole nitrogens is 1. The highest BCUT2D eigenvalue weighted by atomic mass is 35.5. The van der Waals surface area contributed by atoms with Crippen molar-refractivity contribution in [1.29, 1.82) is 0 Å². The molecule has 1 unspecified atom stereocenters. The van der Waals surface area contributed by atoms with Crippen molar-refractivity contribution < 1.29 is 9.84 Å². The second kappa shape index (κ2) is 5.39. The van der Waals surface area contributed by atoms with Crippen LogP contribution in [0.2, 0.25) is 10.0 Å². The Hall–Kier alpha value is -0.900. The van der Waals surface area contributed by atoms with E-state index in [4.69, 9.17) is 33.0 Å². The van der Waals surface area contributed by atoms with Gasteiger partial charge in [-0.1, -0.05) is 30.1 Å². The number of aryl methyl sites for hydroxylation is 1. The Labute approximate surface area is 116 Å². The molecule has 0 radical (unpaired) electrons.